The van der Waals surface area contributed by atoms with Crippen LogP contribution in [0.2, 0.25) is 5.02 Å². The van der Waals surface area contributed by atoms with Gasteiger partial charge in [0.15, 0.2) is 0 Å². The number of halogens is 2. The smallest absolute Gasteiger partial charge is 0.328 e. The summed E-state index contributed by atoms with van der Waals surface area (Å²) in [6.45, 7) is 0. The minimum absolute atomic E-state index is 0.317. The molecule has 0 aliphatic heterocycles. The van der Waals surface area contributed by atoms with Gasteiger partial charge in [0.2, 0.25) is 0 Å². The second-order valence-electron chi connectivity index (χ2n) is 3.91. The summed E-state index contributed by atoms with van der Waals surface area (Å²) < 4.78 is 18.6. The maximum atomic E-state index is 13.1. The van der Waals surface area contributed by atoms with Crippen LogP contribution in [0.4, 0.5) is 4.39 Å². The number of aliphatic carboxylic acids is 1. The number of benzene rings is 2. The van der Waals surface area contributed by atoms with Crippen LogP contribution in [0.25, 0.3) is 6.08 Å². The van der Waals surface area contributed by atoms with E-state index < -0.39 is 11.8 Å². The number of carbonyl (C=O) groups is 1. The van der Waals surface area contributed by atoms with Crippen molar-refractivity contribution < 1.29 is 19.0 Å². The summed E-state index contributed by atoms with van der Waals surface area (Å²) in [7, 11) is 0. The standard InChI is InChI=1S/C15H10ClFO3/c16-11-5-6-14(10(8-11)4-7-15(18)19)20-13-3-1-2-12(17)9-13/h1-9H,(H,18,19)/b7-4+. The minimum Gasteiger partial charge on any atom is -0.478 e. The molecule has 2 aromatic carbocycles. The number of hydrogen-bond donors (Lipinski definition) is 1. The van der Waals surface area contributed by atoms with Crippen LogP contribution in [-0.2, 0) is 4.79 Å². The Labute approximate surface area is 119 Å². The Hall–Kier alpha value is -2.33. The topological polar surface area (TPSA) is 46.5 Å². The molecule has 0 amide bonds. The first-order valence-electron chi connectivity index (χ1n) is 5.68. The largest absolute Gasteiger partial charge is 0.478 e. The molecule has 2 aromatic rings. The highest BCUT2D eigenvalue weighted by Crippen LogP contribution is 2.29. The normalized spacial score (nSPS) is 10.7. The van der Waals surface area contributed by atoms with Gasteiger partial charge in [-0.2, -0.15) is 0 Å². The molecule has 2 rings (SSSR count). The Morgan fingerprint density at radius 3 is 2.75 bits per heavy atom. The average molecular weight is 293 g/mol. The van der Waals surface area contributed by atoms with E-state index in [0.29, 0.717) is 22.1 Å². The highest BCUT2D eigenvalue weighted by atomic mass is 35.5. The van der Waals surface area contributed by atoms with Gasteiger partial charge in [-0.1, -0.05) is 17.7 Å². The third-order valence-corrected chi connectivity index (χ3v) is 2.64. The number of hydrogen-bond acceptors (Lipinski definition) is 2. The van der Waals surface area contributed by atoms with E-state index in [1.165, 1.54) is 24.3 Å². The van der Waals surface area contributed by atoms with E-state index in [4.69, 9.17) is 21.4 Å². The summed E-state index contributed by atoms with van der Waals surface area (Å²) in [5, 5.41) is 9.10. The lowest BCUT2D eigenvalue weighted by Gasteiger charge is -2.09. The second-order valence-corrected chi connectivity index (χ2v) is 4.35. The molecule has 1 N–H and O–H groups in total. The maximum absolute atomic E-state index is 13.1. The summed E-state index contributed by atoms with van der Waals surface area (Å²) in [6, 6.07) is 10.4. The van der Waals surface area contributed by atoms with E-state index in [1.54, 1.807) is 24.3 Å². The summed E-state index contributed by atoms with van der Waals surface area (Å²) in [5.41, 5.74) is 0.490. The number of ether oxygens (including phenoxy) is 1. The van der Waals surface area contributed by atoms with Crippen molar-refractivity contribution >= 4 is 23.6 Å². The van der Waals surface area contributed by atoms with Gasteiger partial charge in [0.05, 0.1) is 0 Å². The fourth-order valence-electron chi connectivity index (χ4n) is 1.56. The van der Waals surface area contributed by atoms with Crippen molar-refractivity contribution in [3.8, 4) is 11.5 Å². The zero-order chi connectivity index (χ0) is 14.5. The van der Waals surface area contributed by atoms with Gasteiger partial charge < -0.3 is 9.84 Å². The van der Waals surface area contributed by atoms with E-state index in [2.05, 4.69) is 0 Å². The Kier molecular flexibility index (Phi) is 4.38. The molecule has 0 aromatic heterocycles. The van der Waals surface area contributed by atoms with Crippen molar-refractivity contribution in [1.29, 1.82) is 0 Å². The Morgan fingerprint density at radius 1 is 1.25 bits per heavy atom. The van der Waals surface area contributed by atoms with Gasteiger partial charge in [-0.25, -0.2) is 9.18 Å². The van der Waals surface area contributed by atoms with Crippen LogP contribution in [0.15, 0.2) is 48.5 Å². The zero-order valence-corrected chi connectivity index (χ0v) is 11.0. The molecule has 0 saturated heterocycles. The Balaban J connectivity index is 2.33. The molecule has 0 atom stereocenters. The summed E-state index contributed by atoms with van der Waals surface area (Å²) in [4.78, 5) is 10.6. The van der Waals surface area contributed by atoms with Gasteiger partial charge in [-0.05, 0) is 36.4 Å². The van der Waals surface area contributed by atoms with Crippen LogP contribution in [-0.4, -0.2) is 11.1 Å². The van der Waals surface area contributed by atoms with Crippen LogP contribution in [0.1, 0.15) is 5.56 Å². The summed E-state index contributed by atoms with van der Waals surface area (Å²) in [6.07, 6.45) is 2.34. The van der Waals surface area contributed by atoms with Gasteiger partial charge in [0.1, 0.15) is 17.3 Å². The van der Waals surface area contributed by atoms with Crippen molar-refractivity contribution in [3.63, 3.8) is 0 Å². The molecule has 0 fully saturated rings. The first kappa shape index (κ1) is 14.1. The molecule has 3 nitrogen and oxygen atoms in total. The van der Waals surface area contributed by atoms with Gasteiger partial charge >= 0.3 is 5.97 Å². The van der Waals surface area contributed by atoms with Gasteiger partial charge in [0, 0.05) is 22.7 Å². The van der Waals surface area contributed by atoms with Gasteiger partial charge in [-0.15, -0.1) is 0 Å². The van der Waals surface area contributed by atoms with Crippen molar-refractivity contribution in [2.24, 2.45) is 0 Å². The highest BCUT2D eigenvalue weighted by Gasteiger charge is 2.05. The molecule has 0 radical (unpaired) electrons. The maximum Gasteiger partial charge on any atom is 0.328 e. The monoisotopic (exact) mass is 292 g/mol. The highest BCUT2D eigenvalue weighted by molar-refractivity contribution is 6.30. The minimum atomic E-state index is -1.08. The quantitative estimate of drug-likeness (QED) is 0.851. The van der Waals surface area contributed by atoms with Crippen LogP contribution in [0.3, 0.4) is 0 Å². The van der Waals surface area contributed by atoms with Crippen LogP contribution in [0.5, 0.6) is 11.5 Å². The molecule has 0 unspecified atom stereocenters. The first-order chi connectivity index (χ1) is 9.54. The molecule has 0 bridgehead atoms. The second kappa shape index (κ2) is 6.21. The lowest BCUT2D eigenvalue weighted by molar-refractivity contribution is -0.131. The van der Waals surface area contributed by atoms with E-state index in [0.717, 1.165) is 6.08 Å². The van der Waals surface area contributed by atoms with Crippen molar-refractivity contribution in [2.45, 2.75) is 0 Å². The number of carboxylic acid groups (broad SMARTS) is 1. The van der Waals surface area contributed by atoms with Crippen molar-refractivity contribution in [3.05, 3.63) is 64.9 Å². The molecular formula is C15H10ClFO3. The molecule has 0 spiro atoms. The molecule has 5 heteroatoms. The van der Waals surface area contributed by atoms with Crippen molar-refractivity contribution in [2.75, 3.05) is 0 Å². The fourth-order valence-corrected chi connectivity index (χ4v) is 1.74. The molecule has 20 heavy (non-hydrogen) atoms. The van der Waals surface area contributed by atoms with Crippen LogP contribution >= 0.6 is 11.6 Å². The molecule has 102 valence electrons. The summed E-state index contributed by atoms with van der Waals surface area (Å²) in [5.74, 6) is -0.796. The zero-order valence-electron chi connectivity index (χ0n) is 10.2. The van der Waals surface area contributed by atoms with Gasteiger partial charge in [0.25, 0.3) is 0 Å². The molecule has 0 aliphatic rings. The molecule has 0 aliphatic carbocycles. The van der Waals surface area contributed by atoms with E-state index in [1.807, 2.05) is 0 Å². The van der Waals surface area contributed by atoms with Gasteiger partial charge in [-0.3, -0.25) is 0 Å². The molecule has 0 heterocycles. The Morgan fingerprint density at radius 2 is 2.05 bits per heavy atom. The fraction of sp³-hybridized carbons (Fsp3) is 0. The predicted molar refractivity (Wildman–Crippen MR) is 74.6 cm³/mol. The molecule has 0 saturated carbocycles. The number of rotatable bonds is 4. The predicted octanol–water partition coefficient (Wildman–Crippen LogP) is 4.37. The third kappa shape index (κ3) is 3.83. The SMILES string of the molecule is O=C(O)/C=C/c1cc(Cl)ccc1Oc1cccc(F)c1. The molecular weight excluding hydrogens is 283 g/mol. The van der Waals surface area contributed by atoms with Crippen LogP contribution < -0.4 is 4.74 Å². The van der Waals surface area contributed by atoms with E-state index in [-0.39, 0.29) is 0 Å². The lowest BCUT2D eigenvalue weighted by atomic mass is 10.2. The van der Waals surface area contributed by atoms with Crippen molar-refractivity contribution in [1.82, 2.24) is 0 Å². The summed E-state index contributed by atoms with van der Waals surface area (Å²) >= 11 is 5.86. The average Bonchev–Trinajstić information content (AvgIpc) is 2.39. The van der Waals surface area contributed by atoms with E-state index >= 15 is 0 Å². The Bertz CT molecular complexity index is 668. The van der Waals surface area contributed by atoms with E-state index in [9.17, 15) is 9.18 Å². The number of carboxylic acids is 1. The lowest BCUT2D eigenvalue weighted by Crippen LogP contribution is -1.90. The van der Waals surface area contributed by atoms with Crippen LogP contribution in [0, 0.1) is 5.82 Å². The third-order valence-electron chi connectivity index (χ3n) is 2.40. The first-order valence-corrected chi connectivity index (χ1v) is 6.06.